The zero-order valence-corrected chi connectivity index (χ0v) is 16.2. The molecule has 1 saturated heterocycles. The fourth-order valence-electron chi connectivity index (χ4n) is 3.35. The summed E-state index contributed by atoms with van der Waals surface area (Å²) in [6.45, 7) is 6.94. The van der Waals surface area contributed by atoms with Crippen molar-refractivity contribution >= 4 is 17.6 Å². The van der Waals surface area contributed by atoms with Gasteiger partial charge in [-0.1, -0.05) is 51.1 Å². The van der Waals surface area contributed by atoms with Gasteiger partial charge in [-0.3, -0.25) is 9.59 Å². The van der Waals surface area contributed by atoms with Crippen molar-refractivity contribution < 1.29 is 9.59 Å². The minimum absolute atomic E-state index is 0.0682. The Morgan fingerprint density at radius 2 is 1.81 bits per heavy atom. The molecule has 2 amide bonds. The Morgan fingerprint density at radius 1 is 1.07 bits per heavy atom. The lowest BCUT2D eigenvalue weighted by Crippen LogP contribution is -2.47. The molecule has 5 heteroatoms. The maximum atomic E-state index is 12.7. The lowest BCUT2D eigenvalue weighted by atomic mass is 9.91. The Kier molecular flexibility index (Phi) is 5.59. The van der Waals surface area contributed by atoms with Gasteiger partial charge in [-0.05, 0) is 30.5 Å². The van der Waals surface area contributed by atoms with Crippen molar-refractivity contribution in [2.45, 2.75) is 33.6 Å². The maximum Gasteiger partial charge on any atom is 0.230 e. The number of nitrogens with one attached hydrogen (secondary N) is 1. The average Bonchev–Trinajstić information content (AvgIpc) is 2.68. The van der Waals surface area contributed by atoms with Crippen LogP contribution in [0.25, 0.3) is 11.1 Å². The molecule has 1 aromatic carbocycles. The summed E-state index contributed by atoms with van der Waals surface area (Å²) in [6, 6.07) is 13.8. The molecule has 1 aliphatic heterocycles. The van der Waals surface area contributed by atoms with Crippen molar-refractivity contribution in [3.05, 3.63) is 48.7 Å². The lowest BCUT2D eigenvalue weighted by molar-refractivity contribution is -0.142. The maximum absolute atomic E-state index is 12.7. The molecular weight excluding hydrogens is 338 g/mol. The number of anilines is 1. The highest BCUT2D eigenvalue weighted by molar-refractivity contribution is 5.92. The predicted molar refractivity (Wildman–Crippen MR) is 107 cm³/mol. The van der Waals surface area contributed by atoms with Gasteiger partial charge in [0.05, 0.1) is 5.92 Å². The molecule has 142 valence electrons. The third kappa shape index (κ3) is 4.73. The zero-order valence-electron chi connectivity index (χ0n) is 16.2. The Morgan fingerprint density at radius 3 is 2.44 bits per heavy atom. The van der Waals surface area contributed by atoms with Gasteiger partial charge in [0, 0.05) is 30.3 Å². The van der Waals surface area contributed by atoms with Gasteiger partial charge in [-0.2, -0.15) is 0 Å². The second kappa shape index (κ2) is 7.91. The van der Waals surface area contributed by atoms with Gasteiger partial charge in [-0.25, -0.2) is 4.98 Å². The number of pyridine rings is 1. The van der Waals surface area contributed by atoms with Crippen molar-refractivity contribution in [3.8, 4) is 11.1 Å². The highest BCUT2D eigenvalue weighted by Gasteiger charge is 2.33. The Bertz CT molecular complexity index is 795. The van der Waals surface area contributed by atoms with Crippen LogP contribution in [0, 0.1) is 11.3 Å². The summed E-state index contributed by atoms with van der Waals surface area (Å²) in [5.74, 6) is 0.381. The molecule has 2 aromatic rings. The Balaban J connectivity index is 1.62. The number of hydrogen-bond acceptors (Lipinski definition) is 3. The van der Waals surface area contributed by atoms with Crippen LogP contribution >= 0.6 is 0 Å². The van der Waals surface area contributed by atoms with E-state index in [0.717, 1.165) is 30.5 Å². The van der Waals surface area contributed by atoms with E-state index in [1.807, 2.05) is 68.1 Å². The van der Waals surface area contributed by atoms with E-state index in [1.165, 1.54) is 0 Å². The summed E-state index contributed by atoms with van der Waals surface area (Å²) in [6.07, 6.45) is 3.41. The van der Waals surface area contributed by atoms with Gasteiger partial charge >= 0.3 is 0 Å². The minimum atomic E-state index is -0.423. The van der Waals surface area contributed by atoms with Gasteiger partial charge in [0.2, 0.25) is 11.8 Å². The molecule has 0 aliphatic carbocycles. The number of carbonyl (C=O) groups is 2. The number of amides is 2. The van der Waals surface area contributed by atoms with Gasteiger partial charge in [-0.15, -0.1) is 0 Å². The van der Waals surface area contributed by atoms with Gasteiger partial charge in [0.1, 0.15) is 5.82 Å². The summed E-state index contributed by atoms with van der Waals surface area (Å²) < 4.78 is 0. The molecule has 0 bridgehead atoms. The third-order valence-electron chi connectivity index (χ3n) is 4.84. The molecule has 0 radical (unpaired) electrons. The monoisotopic (exact) mass is 365 g/mol. The molecule has 2 heterocycles. The highest BCUT2D eigenvalue weighted by Crippen LogP contribution is 2.25. The van der Waals surface area contributed by atoms with Crippen LogP contribution in [-0.2, 0) is 9.59 Å². The molecule has 1 fully saturated rings. The van der Waals surface area contributed by atoms with Gasteiger partial charge in [0.15, 0.2) is 0 Å². The van der Waals surface area contributed by atoms with E-state index in [4.69, 9.17) is 0 Å². The van der Waals surface area contributed by atoms with Crippen molar-refractivity contribution in [1.29, 1.82) is 0 Å². The quantitative estimate of drug-likeness (QED) is 0.895. The second-order valence-electron chi connectivity index (χ2n) is 8.13. The standard InChI is InChI=1S/C22H27N3O2/c1-22(2,3)21(27)25-13-7-10-18(15-25)20(26)24-19-12-11-17(14-23-19)16-8-5-4-6-9-16/h4-6,8-9,11-12,14,18H,7,10,13,15H2,1-3H3,(H,23,24,26). The van der Waals surface area contributed by atoms with Crippen LogP contribution in [0.4, 0.5) is 5.82 Å². The lowest BCUT2D eigenvalue weighted by Gasteiger charge is -2.35. The number of aromatic nitrogens is 1. The normalized spacial score (nSPS) is 17.4. The molecule has 0 saturated carbocycles. The first-order valence-corrected chi connectivity index (χ1v) is 9.46. The zero-order chi connectivity index (χ0) is 19.4. The smallest absolute Gasteiger partial charge is 0.230 e. The molecule has 1 N–H and O–H groups in total. The molecule has 1 atom stereocenters. The number of nitrogens with zero attached hydrogens (tertiary/aromatic N) is 2. The molecule has 1 aliphatic rings. The summed E-state index contributed by atoms with van der Waals surface area (Å²) in [5, 5.41) is 2.90. The second-order valence-corrected chi connectivity index (χ2v) is 8.13. The summed E-state index contributed by atoms with van der Waals surface area (Å²) in [7, 11) is 0. The van der Waals surface area contributed by atoms with Crippen molar-refractivity contribution in [2.24, 2.45) is 11.3 Å². The van der Waals surface area contributed by atoms with E-state index < -0.39 is 5.41 Å². The van der Waals surface area contributed by atoms with Crippen LogP contribution < -0.4 is 5.32 Å². The molecule has 3 rings (SSSR count). The number of rotatable bonds is 3. The highest BCUT2D eigenvalue weighted by atomic mass is 16.2. The van der Waals surface area contributed by atoms with E-state index in [1.54, 1.807) is 6.20 Å². The molecule has 1 unspecified atom stereocenters. The van der Waals surface area contributed by atoms with E-state index in [2.05, 4.69) is 10.3 Å². The number of piperidine rings is 1. The van der Waals surface area contributed by atoms with E-state index in [-0.39, 0.29) is 17.7 Å². The average molecular weight is 365 g/mol. The SMILES string of the molecule is CC(C)(C)C(=O)N1CCCC(C(=O)Nc2ccc(-c3ccccc3)cn2)C1. The third-order valence-corrected chi connectivity index (χ3v) is 4.84. The fraction of sp³-hybridized carbons (Fsp3) is 0.409. The number of benzene rings is 1. The predicted octanol–water partition coefficient (Wildman–Crippen LogP) is 3.97. The van der Waals surface area contributed by atoms with Gasteiger partial charge in [0.25, 0.3) is 0 Å². The number of hydrogen-bond donors (Lipinski definition) is 1. The van der Waals surface area contributed by atoms with Crippen molar-refractivity contribution in [1.82, 2.24) is 9.88 Å². The first-order chi connectivity index (χ1) is 12.8. The summed E-state index contributed by atoms with van der Waals surface area (Å²) in [5.41, 5.74) is 1.67. The van der Waals surface area contributed by atoms with E-state index >= 15 is 0 Å². The summed E-state index contributed by atoms with van der Waals surface area (Å²) >= 11 is 0. The van der Waals surface area contributed by atoms with Crippen molar-refractivity contribution in [3.63, 3.8) is 0 Å². The Hall–Kier alpha value is -2.69. The van der Waals surface area contributed by atoms with Crippen LogP contribution in [0.5, 0.6) is 0 Å². The van der Waals surface area contributed by atoms with Crippen LogP contribution in [0.1, 0.15) is 33.6 Å². The molecular formula is C22H27N3O2. The molecule has 1 aromatic heterocycles. The minimum Gasteiger partial charge on any atom is -0.341 e. The molecule has 27 heavy (non-hydrogen) atoms. The molecule has 5 nitrogen and oxygen atoms in total. The van der Waals surface area contributed by atoms with Crippen LogP contribution in [-0.4, -0.2) is 34.8 Å². The largest absolute Gasteiger partial charge is 0.341 e. The van der Waals surface area contributed by atoms with E-state index in [0.29, 0.717) is 12.4 Å². The Labute approximate surface area is 160 Å². The first-order valence-electron chi connectivity index (χ1n) is 9.46. The van der Waals surface area contributed by atoms with Crippen LogP contribution in [0.15, 0.2) is 48.7 Å². The number of carbonyl (C=O) groups excluding carboxylic acids is 2. The summed E-state index contributed by atoms with van der Waals surface area (Å²) in [4.78, 5) is 31.3. The number of likely N-dealkylation sites (tertiary alicyclic amines) is 1. The fourth-order valence-corrected chi connectivity index (χ4v) is 3.35. The molecule has 0 spiro atoms. The van der Waals surface area contributed by atoms with E-state index in [9.17, 15) is 9.59 Å². The van der Waals surface area contributed by atoms with Crippen LogP contribution in [0.2, 0.25) is 0 Å². The van der Waals surface area contributed by atoms with Crippen LogP contribution in [0.3, 0.4) is 0 Å². The van der Waals surface area contributed by atoms with Crippen molar-refractivity contribution in [2.75, 3.05) is 18.4 Å². The first kappa shape index (κ1) is 19.1. The topological polar surface area (TPSA) is 62.3 Å². The van der Waals surface area contributed by atoms with Gasteiger partial charge < -0.3 is 10.2 Å².